The smallest absolute Gasteiger partial charge is 0.178 e. The van der Waals surface area contributed by atoms with E-state index in [-0.39, 0.29) is 5.75 Å². The quantitative estimate of drug-likeness (QED) is 0.473. The number of nitrogens with zero attached hydrogens (tertiary/aromatic N) is 4. The summed E-state index contributed by atoms with van der Waals surface area (Å²) in [5, 5.41) is 11.1. The van der Waals surface area contributed by atoms with Crippen molar-refractivity contribution in [3.05, 3.63) is 60.7 Å². The first-order valence-electron chi connectivity index (χ1n) is 10.5. The fourth-order valence-electron chi connectivity index (χ4n) is 3.64. The van der Waals surface area contributed by atoms with E-state index < -0.39 is 15.4 Å². The van der Waals surface area contributed by atoms with Gasteiger partial charge in [-0.15, -0.1) is 0 Å². The summed E-state index contributed by atoms with van der Waals surface area (Å²) in [6.45, 7) is 7.86. The highest BCUT2D eigenvalue weighted by atomic mass is 32.2. The van der Waals surface area contributed by atoms with Crippen LogP contribution in [0.1, 0.15) is 33.3 Å². The van der Waals surface area contributed by atoms with Gasteiger partial charge in [0.1, 0.15) is 0 Å². The summed E-state index contributed by atoms with van der Waals surface area (Å²) in [6.07, 6.45) is 7.00. The number of aromatic nitrogens is 4. The molecule has 0 unspecified atom stereocenters. The lowest BCUT2D eigenvalue weighted by Crippen LogP contribution is -2.15. The molecule has 0 radical (unpaired) electrons. The van der Waals surface area contributed by atoms with E-state index >= 15 is 0 Å². The van der Waals surface area contributed by atoms with Crippen LogP contribution in [-0.4, -0.2) is 38.8 Å². The molecule has 0 bridgehead atoms. The second kappa shape index (κ2) is 8.11. The molecule has 0 atom stereocenters. The van der Waals surface area contributed by atoms with Gasteiger partial charge in [-0.05, 0) is 56.7 Å². The highest BCUT2D eigenvalue weighted by Gasteiger charge is 2.19. The van der Waals surface area contributed by atoms with Crippen molar-refractivity contribution in [3.8, 4) is 22.6 Å². The van der Waals surface area contributed by atoms with E-state index in [4.69, 9.17) is 0 Å². The number of sulfone groups is 1. The van der Waals surface area contributed by atoms with Crippen molar-refractivity contribution in [2.75, 3.05) is 5.75 Å². The molecule has 0 aliphatic carbocycles. The molecule has 3 aromatic heterocycles. The molecule has 0 saturated carbocycles. The summed E-state index contributed by atoms with van der Waals surface area (Å²) in [7, 11) is -3.32. The minimum absolute atomic E-state index is 0.0459. The van der Waals surface area contributed by atoms with Crippen molar-refractivity contribution >= 4 is 20.7 Å². The number of hydrogen-bond acceptors (Lipinski definition) is 6. The third-order valence-corrected chi connectivity index (χ3v) is 7.32. The third-order valence-electron chi connectivity index (χ3n) is 5.59. The molecule has 0 spiro atoms. The number of fused-ring (bicyclic) bond motifs is 1. The van der Waals surface area contributed by atoms with Crippen molar-refractivity contribution in [2.45, 2.75) is 44.7 Å². The van der Waals surface area contributed by atoms with Crippen LogP contribution in [-0.2, 0) is 22.0 Å². The van der Waals surface area contributed by atoms with E-state index in [1.165, 1.54) is 0 Å². The van der Waals surface area contributed by atoms with Crippen LogP contribution < -0.4 is 0 Å². The van der Waals surface area contributed by atoms with Crippen LogP contribution >= 0.6 is 0 Å². The molecule has 166 valence electrons. The lowest BCUT2D eigenvalue weighted by molar-refractivity contribution is 0.0785. The largest absolute Gasteiger partial charge is 0.386 e. The molecule has 4 rings (SSSR count). The fraction of sp³-hybridized carbons (Fsp3) is 0.292. The van der Waals surface area contributed by atoms with Crippen LogP contribution in [0.15, 0.2) is 60.0 Å². The average Bonchev–Trinajstić information content (AvgIpc) is 3.17. The van der Waals surface area contributed by atoms with Crippen LogP contribution in [0, 0.1) is 0 Å². The Morgan fingerprint density at radius 1 is 1.03 bits per heavy atom. The average molecular weight is 451 g/mol. The minimum atomic E-state index is -3.32. The summed E-state index contributed by atoms with van der Waals surface area (Å²) < 4.78 is 26.9. The maximum Gasteiger partial charge on any atom is 0.178 e. The Balaban J connectivity index is 1.79. The van der Waals surface area contributed by atoms with E-state index in [2.05, 4.69) is 19.5 Å². The Bertz CT molecular complexity index is 1390. The van der Waals surface area contributed by atoms with Crippen LogP contribution in [0.4, 0.5) is 0 Å². The molecular formula is C24H26N4O3S. The molecule has 1 aromatic carbocycles. The molecule has 4 aromatic rings. The Hall–Kier alpha value is -3.10. The van der Waals surface area contributed by atoms with Gasteiger partial charge in [0.2, 0.25) is 0 Å². The second-order valence-corrected chi connectivity index (χ2v) is 10.5. The maximum atomic E-state index is 12.4. The highest BCUT2D eigenvalue weighted by Crippen LogP contribution is 2.32. The van der Waals surface area contributed by atoms with E-state index in [1.54, 1.807) is 57.6 Å². The number of benzene rings is 1. The van der Waals surface area contributed by atoms with E-state index in [0.29, 0.717) is 16.4 Å². The van der Waals surface area contributed by atoms with Gasteiger partial charge in [-0.3, -0.25) is 4.98 Å². The Morgan fingerprint density at radius 3 is 2.38 bits per heavy atom. The van der Waals surface area contributed by atoms with Crippen molar-refractivity contribution in [2.24, 2.45) is 0 Å². The van der Waals surface area contributed by atoms with E-state index in [1.807, 2.05) is 25.3 Å². The van der Waals surface area contributed by atoms with Gasteiger partial charge in [0, 0.05) is 53.4 Å². The van der Waals surface area contributed by atoms with Crippen LogP contribution in [0.3, 0.4) is 0 Å². The number of aryl methyl sites for hydroxylation is 1. The van der Waals surface area contributed by atoms with Gasteiger partial charge in [-0.25, -0.2) is 18.4 Å². The zero-order valence-electron chi connectivity index (χ0n) is 18.6. The van der Waals surface area contributed by atoms with E-state index in [9.17, 15) is 13.5 Å². The Kier molecular flexibility index (Phi) is 5.60. The second-order valence-electron chi connectivity index (χ2n) is 8.20. The molecule has 0 amide bonds. The predicted molar refractivity (Wildman–Crippen MR) is 125 cm³/mol. The molecule has 32 heavy (non-hydrogen) atoms. The Labute approximate surface area is 187 Å². The minimum Gasteiger partial charge on any atom is -0.386 e. The van der Waals surface area contributed by atoms with Crippen molar-refractivity contribution < 1.29 is 13.5 Å². The first kappa shape index (κ1) is 22.1. The summed E-state index contributed by atoms with van der Waals surface area (Å²) in [4.78, 5) is 13.8. The number of hydrogen-bond donors (Lipinski definition) is 1. The summed E-state index contributed by atoms with van der Waals surface area (Å²) >= 11 is 0. The SMILES string of the molecule is CCn1cc(-c2ncc(-c3cc(C(C)(C)O)ccn3)cn2)c2cc(S(=O)(=O)CC)ccc21. The van der Waals surface area contributed by atoms with Crippen molar-refractivity contribution in [1.82, 2.24) is 19.5 Å². The molecule has 1 N–H and O–H groups in total. The first-order chi connectivity index (χ1) is 15.1. The van der Waals surface area contributed by atoms with Crippen LogP contribution in [0.25, 0.3) is 33.5 Å². The third kappa shape index (κ3) is 4.03. The first-order valence-corrected chi connectivity index (χ1v) is 12.2. The lowest BCUT2D eigenvalue weighted by atomic mass is 9.98. The fourth-order valence-corrected chi connectivity index (χ4v) is 4.55. The topological polar surface area (TPSA) is 98.0 Å². The van der Waals surface area contributed by atoms with Crippen molar-refractivity contribution in [3.63, 3.8) is 0 Å². The standard InChI is InChI=1S/C24H26N4O3S/c1-5-28-15-20(19-12-18(7-8-22(19)28)32(30,31)6-2)23-26-13-16(14-27-23)21-11-17(9-10-25-21)24(3,4)29/h7-15,29H,5-6H2,1-4H3. The molecular weight excluding hydrogens is 424 g/mol. The molecule has 0 aliphatic rings. The monoisotopic (exact) mass is 450 g/mol. The van der Waals surface area contributed by atoms with Gasteiger partial charge < -0.3 is 9.67 Å². The summed E-state index contributed by atoms with van der Waals surface area (Å²) in [6, 6.07) is 8.80. The molecule has 0 fully saturated rings. The normalized spacial score (nSPS) is 12.4. The van der Waals surface area contributed by atoms with Crippen LogP contribution in [0.2, 0.25) is 0 Å². The summed E-state index contributed by atoms with van der Waals surface area (Å²) in [5.41, 5.74) is 2.89. The zero-order chi connectivity index (χ0) is 23.1. The van der Waals surface area contributed by atoms with Crippen LogP contribution in [0.5, 0.6) is 0 Å². The van der Waals surface area contributed by atoms with Crippen molar-refractivity contribution in [1.29, 1.82) is 0 Å². The maximum absolute atomic E-state index is 12.4. The number of pyridine rings is 1. The highest BCUT2D eigenvalue weighted by molar-refractivity contribution is 7.91. The number of rotatable bonds is 6. The molecule has 8 heteroatoms. The summed E-state index contributed by atoms with van der Waals surface area (Å²) in [5.74, 6) is 0.556. The predicted octanol–water partition coefficient (Wildman–Crippen LogP) is 4.20. The van der Waals surface area contributed by atoms with Gasteiger partial charge in [0.05, 0.1) is 21.9 Å². The molecule has 3 heterocycles. The molecule has 7 nitrogen and oxygen atoms in total. The molecule has 0 aliphatic heterocycles. The van der Waals surface area contributed by atoms with Gasteiger partial charge in [-0.1, -0.05) is 6.92 Å². The van der Waals surface area contributed by atoms with Gasteiger partial charge >= 0.3 is 0 Å². The molecule has 0 saturated heterocycles. The lowest BCUT2D eigenvalue weighted by Gasteiger charge is -2.18. The van der Waals surface area contributed by atoms with Gasteiger partial charge in [0.25, 0.3) is 0 Å². The van der Waals surface area contributed by atoms with Gasteiger partial charge in [0.15, 0.2) is 15.7 Å². The Morgan fingerprint density at radius 2 is 1.75 bits per heavy atom. The van der Waals surface area contributed by atoms with E-state index in [0.717, 1.165) is 34.1 Å². The zero-order valence-corrected chi connectivity index (χ0v) is 19.4. The van der Waals surface area contributed by atoms with Gasteiger partial charge in [-0.2, -0.15) is 0 Å². The number of aliphatic hydroxyl groups is 1.